The number of morpholine rings is 1. The third kappa shape index (κ3) is 3.24. The SMILES string of the molecule is CNCc1ccc(N2CC(C)OC(C)(C)C2)cc1. The summed E-state index contributed by atoms with van der Waals surface area (Å²) in [5, 5.41) is 3.17. The Balaban J connectivity index is 2.10. The highest BCUT2D eigenvalue weighted by molar-refractivity contribution is 5.48. The Morgan fingerprint density at radius 3 is 2.56 bits per heavy atom. The Morgan fingerprint density at radius 2 is 2.00 bits per heavy atom. The highest BCUT2D eigenvalue weighted by Gasteiger charge is 2.31. The van der Waals surface area contributed by atoms with Crippen molar-refractivity contribution >= 4 is 5.69 Å². The van der Waals surface area contributed by atoms with E-state index in [4.69, 9.17) is 4.74 Å². The standard InChI is InChI=1S/C15H24N2O/c1-12-10-17(11-15(2,3)18-12)14-7-5-13(6-8-14)9-16-4/h5-8,12,16H,9-11H2,1-4H3. The molecule has 1 atom stereocenters. The van der Waals surface area contributed by atoms with E-state index < -0.39 is 0 Å². The largest absolute Gasteiger partial charge is 0.369 e. The van der Waals surface area contributed by atoms with Gasteiger partial charge in [-0.1, -0.05) is 12.1 Å². The normalized spacial score (nSPS) is 23.1. The minimum absolute atomic E-state index is 0.0681. The smallest absolute Gasteiger partial charge is 0.0805 e. The van der Waals surface area contributed by atoms with Gasteiger partial charge in [-0.15, -0.1) is 0 Å². The van der Waals surface area contributed by atoms with Crippen molar-refractivity contribution < 1.29 is 4.74 Å². The molecule has 0 aliphatic carbocycles. The van der Waals surface area contributed by atoms with Gasteiger partial charge in [0.15, 0.2) is 0 Å². The van der Waals surface area contributed by atoms with Gasteiger partial charge >= 0.3 is 0 Å². The second-order valence-electron chi connectivity index (χ2n) is 5.77. The Kier molecular flexibility index (Phi) is 3.93. The molecule has 3 heteroatoms. The number of benzene rings is 1. The molecule has 1 N–H and O–H groups in total. The van der Waals surface area contributed by atoms with E-state index in [0.717, 1.165) is 19.6 Å². The van der Waals surface area contributed by atoms with E-state index in [9.17, 15) is 0 Å². The van der Waals surface area contributed by atoms with Crippen LogP contribution in [0.2, 0.25) is 0 Å². The fourth-order valence-corrected chi connectivity index (χ4v) is 2.68. The molecule has 1 aliphatic rings. The van der Waals surface area contributed by atoms with Crippen LogP contribution in [0.4, 0.5) is 5.69 Å². The molecule has 0 spiro atoms. The predicted molar refractivity (Wildman–Crippen MR) is 76.0 cm³/mol. The first-order valence-electron chi connectivity index (χ1n) is 6.66. The number of hydrogen-bond donors (Lipinski definition) is 1. The minimum Gasteiger partial charge on any atom is -0.369 e. The van der Waals surface area contributed by atoms with E-state index in [2.05, 4.69) is 55.3 Å². The quantitative estimate of drug-likeness (QED) is 0.889. The first kappa shape index (κ1) is 13.4. The van der Waals surface area contributed by atoms with Gasteiger partial charge < -0.3 is 15.0 Å². The molecule has 0 radical (unpaired) electrons. The summed E-state index contributed by atoms with van der Waals surface area (Å²) in [6.45, 7) is 9.29. The molecule has 18 heavy (non-hydrogen) atoms. The van der Waals surface area contributed by atoms with Gasteiger partial charge in [0.2, 0.25) is 0 Å². The van der Waals surface area contributed by atoms with Crippen LogP contribution in [0.3, 0.4) is 0 Å². The molecule has 1 aliphatic heterocycles. The summed E-state index contributed by atoms with van der Waals surface area (Å²) in [6.07, 6.45) is 0.283. The minimum atomic E-state index is -0.0681. The summed E-state index contributed by atoms with van der Waals surface area (Å²) < 4.78 is 5.94. The van der Waals surface area contributed by atoms with Crippen molar-refractivity contribution in [3.8, 4) is 0 Å². The number of nitrogens with zero attached hydrogens (tertiary/aromatic N) is 1. The molecule has 100 valence electrons. The lowest BCUT2D eigenvalue weighted by molar-refractivity contribution is -0.0749. The monoisotopic (exact) mass is 248 g/mol. The van der Waals surface area contributed by atoms with Gasteiger partial charge in [-0.25, -0.2) is 0 Å². The Morgan fingerprint density at radius 1 is 1.33 bits per heavy atom. The van der Waals surface area contributed by atoms with Gasteiger partial charge in [0.05, 0.1) is 11.7 Å². The number of ether oxygens (including phenoxy) is 1. The summed E-state index contributed by atoms with van der Waals surface area (Å²) in [7, 11) is 1.97. The topological polar surface area (TPSA) is 24.5 Å². The van der Waals surface area contributed by atoms with Crippen molar-refractivity contribution in [2.45, 2.75) is 39.0 Å². The maximum absolute atomic E-state index is 5.94. The van der Waals surface area contributed by atoms with E-state index in [-0.39, 0.29) is 11.7 Å². The van der Waals surface area contributed by atoms with E-state index in [1.165, 1.54) is 11.3 Å². The number of hydrogen-bond acceptors (Lipinski definition) is 3. The molecule has 1 aromatic rings. The van der Waals surface area contributed by atoms with E-state index in [0.29, 0.717) is 0 Å². The van der Waals surface area contributed by atoms with Gasteiger partial charge in [-0.2, -0.15) is 0 Å². The molecule has 1 heterocycles. The van der Waals surface area contributed by atoms with Crippen molar-refractivity contribution in [1.82, 2.24) is 5.32 Å². The zero-order valence-corrected chi connectivity index (χ0v) is 11.9. The Hall–Kier alpha value is -1.06. The van der Waals surface area contributed by atoms with Crippen LogP contribution in [-0.2, 0) is 11.3 Å². The number of anilines is 1. The summed E-state index contributed by atoms with van der Waals surface area (Å²) in [5.74, 6) is 0. The fourth-order valence-electron chi connectivity index (χ4n) is 2.68. The zero-order valence-electron chi connectivity index (χ0n) is 11.9. The molecule has 0 aromatic heterocycles. The van der Waals surface area contributed by atoms with Crippen molar-refractivity contribution in [3.05, 3.63) is 29.8 Å². The summed E-state index contributed by atoms with van der Waals surface area (Å²) in [6, 6.07) is 8.81. The Labute approximate surface area is 110 Å². The molecule has 1 saturated heterocycles. The van der Waals surface area contributed by atoms with Gasteiger partial charge in [0, 0.05) is 25.3 Å². The number of nitrogens with one attached hydrogen (secondary N) is 1. The molecular formula is C15H24N2O. The molecule has 1 aromatic carbocycles. The summed E-state index contributed by atoms with van der Waals surface area (Å²) in [4.78, 5) is 2.41. The van der Waals surface area contributed by atoms with Crippen LogP contribution in [0.15, 0.2) is 24.3 Å². The lowest BCUT2D eigenvalue weighted by atomic mass is 10.0. The van der Waals surface area contributed by atoms with Crippen LogP contribution >= 0.6 is 0 Å². The Bertz CT molecular complexity index is 386. The van der Waals surface area contributed by atoms with Crippen LogP contribution in [0.25, 0.3) is 0 Å². The summed E-state index contributed by atoms with van der Waals surface area (Å²) in [5.41, 5.74) is 2.54. The molecule has 0 bridgehead atoms. The molecule has 0 saturated carbocycles. The maximum Gasteiger partial charge on any atom is 0.0805 e. The van der Waals surface area contributed by atoms with Crippen LogP contribution in [0.5, 0.6) is 0 Å². The van der Waals surface area contributed by atoms with Gasteiger partial charge in [-0.3, -0.25) is 0 Å². The average Bonchev–Trinajstić information content (AvgIpc) is 2.27. The zero-order chi connectivity index (χ0) is 13.2. The highest BCUT2D eigenvalue weighted by atomic mass is 16.5. The second kappa shape index (κ2) is 5.29. The van der Waals surface area contributed by atoms with Crippen molar-refractivity contribution in [1.29, 1.82) is 0 Å². The van der Waals surface area contributed by atoms with Gasteiger partial charge in [0.1, 0.15) is 0 Å². The molecular weight excluding hydrogens is 224 g/mol. The third-order valence-electron chi connectivity index (χ3n) is 3.25. The van der Waals surface area contributed by atoms with Crippen LogP contribution in [-0.4, -0.2) is 31.8 Å². The third-order valence-corrected chi connectivity index (χ3v) is 3.25. The lowest BCUT2D eigenvalue weighted by Crippen LogP contribution is -2.52. The van der Waals surface area contributed by atoms with E-state index in [1.54, 1.807) is 0 Å². The predicted octanol–water partition coefficient (Wildman–Crippen LogP) is 2.41. The van der Waals surface area contributed by atoms with E-state index in [1.807, 2.05) is 7.05 Å². The molecule has 0 amide bonds. The first-order valence-corrected chi connectivity index (χ1v) is 6.66. The maximum atomic E-state index is 5.94. The van der Waals surface area contributed by atoms with Crippen molar-refractivity contribution in [3.63, 3.8) is 0 Å². The molecule has 2 rings (SSSR count). The highest BCUT2D eigenvalue weighted by Crippen LogP contribution is 2.26. The van der Waals surface area contributed by atoms with Crippen LogP contribution in [0.1, 0.15) is 26.3 Å². The average molecular weight is 248 g/mol. The van der Waals surface area contributed by atoms with Crippen molar-refractivity contribution in [2.75, 3.05) is 25.0 Å². The van der Waals surface area contributed by atoms with E-state index >= 15 is 0 Å². The molecule has 3 nitrogen and oxygen atoms in total. The summed E-state index contributed by atoms with van der Waals surface area (Å²) >= 11 is 0. The van der Waals surface area contributed by atoms with Gasteiger partial charge in [-0.05, 0) is 45.5 Å². The molecule has 1 unspecified atom stereocenters. The first-order chi connectivity index (χ1) is 8.50. The van der Waals surface area contributed by atoms with Crippen LogP contribution in [0, 0.1) is 0 Å². The van der Waals surface area contributed by atoms with Gasteiger partial charge in [0.25, 0.3) is 0 Å². The number of rotatable bonds is 3. The van der Waals surface area contributed by atoms with Crippen LogP contribution < -0.4 is 10.2 Å². The van der Waals surface area contributed by atoms with Crippen molar-refractivity contribution in [2.24, 2.45) is 0 Å². The lowest BCUT2D eigenvalue weighted by Gasteiger charge is -2.43. The molecule has 1 fully saturated rings. The second-order valence-corrected chi connectivity index (χ2v) is 5.77. The fraction of sp³-hybridized carbons (Fsp3) is 0.600.